The van der Waals surface area contributed by atoms with Gasteiger partial charge in [0.1, 0.15) is 5.76 Å². The second-order valence-electron chi connectivity index (χ2n) is 6.34. The molecular formula is C18H17ClN2O4. The summed E-state index contributed by atoms with van der Waals surface area (Å²) >= 11 is 6.05. The first-order valence-corrected chi connectivity index (χ1v) is 8.61. The maximum atomic E-state index is 11.4. The SMILES string of the molecule is O=[N+]([O-])c1cc(Cl)cc2c1OC1(NCc3ccco3)CCCCC1=C2. The third kappa shape index (κ3) is 2.92. The maximum Gasteiger partial charge on any atom is 0.313 e. The highest BCUT2D eigenvalue weighted by Crippen LogP contribution is 2.47. The van der Waals surface area contributed by atoms with Crippen molar-refractivity contribution in [2.24, 2.45) is 0 Å². The van der Waals surface area contributed by atoms with Gasteiger partial charge < -0.3 is 9.15 Å². The van der Waals surface area contributed by atoms with Crippen molar-refractivity contribution >= 4 is 23.4 Å². The molecule has 1 aliphatic heterocycles. The van der Waals surface area contributed by atoms with Crippen LogP contribution in [0.3, 0.4) is 0 Å². The minimum absolute atomic E-state index is 0.109. The molecular weight excluding hydrogens is 344 g/mol. The summed E-state index contributed by atoms with van der Waals surface area (Å²) in [5.41, 5.74) is 0.903. The number of nitrogens with one attached hydrogen (secondary N) is 1. The lowest BCUT2D eigenvalue weighted by molar-refractivity contribution is -0.386. The Morgan fingerprint density at radius 1 is 1.36 bits per heavy atom. The van der Waals surface area contributed by atoms with Crippen LogP contribution in [0.1, 0.15) is 37.0 Å². The second kappa shape index (κ2) is 6.20. The van der Waals surface area contributed by atoms with E-state index < -0.39 is 10.6 Å². The van der Waals surface area contributed by atoms with Crippen LogP contribution >= 0.6 is 11.6 Å². The molecule has 1 atom stereocenters. The first-order valence-electron chi connectivity index (χ1n) is 8.23. The zero-order chi connectivity index (χ0) is 17.4. The standard InChI is InChI=1S/C18H17ClN2O4/c19-14-9-12-8-13-4-1-2-6-18(13,20-11-15-5-3-7-24-15)25-17(12)16(10-14)21(22)23/h3,5,7-10,20H,1-2,4,6,11H2. The smallest absolute Gasteiger partial charge is 0.313 e. The monoisotopic (exact) mass is 360 g/mol. The average molecular weight is 361 g/mol. The van der Waals surface area contributed by atoms with Crippen molar-refractivity contribution in [3.05, 3.63) is 62.6 Å². The van der Waals surface area contributed by atoms with Gasteiger partial charge in [-0.25, -0.2) is 0 Å². The van der Waals surface area contributed by atoms with Crippen molar-refractivity contribution in [1.82, 2.24) is 5.32 Å². The van der Waals surface area contributed by atoms with Gasteiger partial charge in [0.15, 0.2) is 5.72 Å². The fourth-order valence-corrected chi connectivity index (χ4v) is 3.77. The predicted octanol–water partition coefficient (Wildman–Crippen LogP) is 4.68. The lowest BCUT2D eigenvalue weighted by atomic mass is 9.83. The Morgan fingerprint density at radius 3 is 3.00 bits per heavy atom. The van der Waals surface area contributed by atoms with E-state index in [9.17, 15) is 10.1 Å². The van der Waals surface area contributed by atoms with E-state index in [4.69, 9.17) is 20.8 Å². The molecule has 2 aliphatic rings. The Hall–Kier alpha value is -2.31. The van der Waals surface area contributed by atoms with Gasteiger partial charge in [-0.1, -0.05) is 11.6 Å². The Bertz CT molecular complexity index is 847. The molecule has 0 spiro atoms. The molecule has 1 saturated carbocycles. The van der Waals surface area contributed by atoms with Crippen LogP contribution in [0, 0.1) is 10.1 Å². The number of nitrogens with zero attached hydrogens (tertiary/aromatic N) is 1. The van der Waals surface area contributed by atoms with Gasteiger partial charge in [0, 0.05) is 23.1 Å². The molecule has 0 bridgehead atoms. The zero-order valence-electron chi connectivity index (χ0n) is 13.5. The molecule has 1 fully saturated rings. The minimum Gasteiger partial charge on any atom is -0.468 e. The first-order chi connectivity index (χ1) is 12.1. The van der Waals surface area contributed by atoms with Gasteiger partial charge in [-0.05, 0) is 49.1 Å². The normalized spacial score (nSPS) is 21.7. The highest BCUT2D eigenvalue weighted by molar-refractivity contribution is 6.31. The van der Waals surface area contributed by atoms with E-state index in [0.29, 0.717) is 17.1 Å². The molecule has 1 aromatic carbocycles. The number of fused-ring (bicyclic) bond motifs is 2. The van der Waals surface area contributed by atoms with Gasteiger partial charge in [0.05, 0.1) is 17.7 Å². The van der Waals surface area contributed by atoms with Crippen LogP contribution in [0.15, 0.2) is 40.5 Å². The molecule has 2 heterocycles. The van der Waals surface area contributed by atoms with Crippen molar-refractivity contribution < 1.29 is 14.1 Å². The average Bonchev–Trinajstić information content (AvgIpc) is 3.11. The topological polar surface area (TPSA) is 77.5 Å². The maximum absolute atomic E-state index is 11.4. The van der Waals surface area contributed by atoms with E-state index in [2.05, 4.69) is 5.32 Å². The molecule has 2 aromatic rings. The summed E-state index contributed by atoms with van der Waals surface area (Å²) in [4.78, 5) is 11.0. The molecule has 7 heteroatoms. The Morgan fingerprint density at radius 2 is 2.24 bits per heavy atom. The Labute approximate surface area is 149 Å². The van der Waals surface area contributed by atoms with Gasteiger partial charge in [0.2, 0.25) is 5.75 Å². The lowest BCUT2D eigenvalue weighted by Crippen LogP contribution is -2.54. The number of rotatable bonds is 4. The minimum atomic E-state index is -0.739. The number of ether oxygens (including phenoxy) is 1. The van der Waals surface area contributed by atoms with Crippen LogP contribution in [0.5, 0.6) is 5.75 Å². The van der Waals surface area contributed by atoms with E-state index in [1.807, 2.05) is 18.2 Å². The van der Waals surface area contributed by atoms with Crippen LogP contribution in [-0.2, 0) is 6.54 Å². The quantitative estimate of drug-likeness (QED) is 0.632. The molecule has 0 saturated heterocycles. The number of furan rings is 1. The van der Waals surface area contributed by atoms with Crippen molar-refractivity contribution in [3.8, 4) is 5.75 Å². The molecule has 130 valence electrons. The largest absolute Gasteiger partial charge is 0.468 e. The highest BCUT2D eigenvalue weighted by Gasteiger charge is 2.43. The number of nitro benzene ring substituents is 1. The molecule has 1 aliphatic carbocycles. The fourth-order valence-electron chi connectivity index (χ4n) is 3.55. The third-order valence-corrected chi connectivity index (χ3v) is 4.96. The van der Waals surface area contributed by atoms with E-state index in [1.165, 1.54) is 6.07 Å². The molecule has 4 rings (SSSR count). The summed E-state index contributed by atoms with van der Waals surface area (Å²) in [7, 11) is 0. The Kier molecular flexibility index (Phi) is 4.01. The number of halogens is 1. The summed E-state index contributed by atoms with van der Waals surface area (Å²) in [6, 6.07) is 6.76. The predicted molar refractivity (Wildman–Crippen MR) is 93.5 cm³/mol. The molecule has 6 nitrogen and oxygen atoms in total. The van der Waals surface area contributed by atoms with Crippen LogP contribution in [0.25, 0.3) is 6.08 Å². The summed E-state index contributed by atoms with van der Waals surface area (Å²) < 4.78 is 11.6. The second-order valence-corrected chi connectivity index (χ2v) is 6.78. The van der Waals surface area contributed by atoms with Crippen molar-refractivity contribution in [1.29, 1.82) is 0 Å². The van der Waals surface area contributed by atoms with Gasteiger partial charge >= 0.3 is 5.69 Å². The number of hydrogen-bond acceptors (Lipinski definition) is 5. The molecule has 1 N–H and O–H groups in total. The van der Waals surface area contributed by atoms with Crippen LogP contribution < -0.4 is 10.1 Å². The number of hydrogen-bond donors (Lipinski definition) is 1. The lowest BCUT2D eigenvalue weighted by Gasteiger charge is -2.43. The first kappa shape index (κ1) is 16.2. The van der Waals surface area contributed by atoms with E-state index in [-0.39, 0.29) is 11.4 Å². The fraction of sp³-hybridized carbons (Fsp3) is 0.333. The molecule has 1 aromatic heterocycles. The number of benzene rings is 1. The van der Waals surface area contributed by atoms with E-state index >= 15 is 0 Å². The van der Waals surface area contributed by atoms with Crippen LogP contribution in [0.4, 0.5) is 5.69 Å². The highest BCUT2D eigenvalue weighted by atomic mass is 35.5. The third-order valence-electron chi connectivity index (χ3n) is 4.74. The van der Waals surface area contributed by atoms with Crippen LogP contribution in [-0.4, -0.2) is 10.6 Å². The van der Waals surface area contributed by atoms with Gasteiger partial charge in [-0.2, -0.15) is 0 Å². The summed E-state index contributed by atoms with van der Waals surface area (Å²) in [6.07, 6.45) is 7.28. The van der Waals surface area contributed by atoms with Gasteiger partial charge in [-0.3, -0.25) is 15.4 Å². The summed E-state index contributed by atoms with van der Waals surface area (Å²) in [6.45, 7) is 0.487. The van der Waals surface area contributed by atoms with Crippen molar-refractivity contribution in [3.63, 3.8) is 0 Å². The molecule has 25 heavy (non-hydrogen) atoms. The summed E-state index contributed by atoms with van der Waals surface area (Å²) in [5.74, 6) is 1.06. The van der Waals surface area contributed by atoms with E-state index in [1.54, 1.807) is 12.3 Å². The van der Waals surface area contributed by atoms with Crippen LogP contribution in [0.2, 0.25) is 5.02 Å². The summed E-state index contributed by atoms with van der Waals surface area (Å²) in [5, 5.41) is 15.2. The molecule has 0 amide bonds. The van der Waals surface area contributed by atoms with Gasteiger partial charge in [-0.15, -0.1) is 0 Å². The molecule has 0 radical (unpaired) electrons. The van der Waals surface area contributed by atoms with E-state index in [0.717, 1.165) is 37.0 Å². The van der Waals surface area contributed by atoms with Crippen molar-refractivity contribution in [2.45, 2.75) is 38.0 Å². The molecule has 1 unspecified atom stereocenters. The number of nitro groups is 1. The van der Waals surface area contributed by atoms with Crippen molar-refractivity contribution in [2.75, 3.05) is 0 Å². The van der Waals surface area contributed by atoms with Gasteiger partial charge in [0.25, 0.3) is 0 Å². The Balaban J connectivity index is 1.74. The zero-order valence-corrected chi connectivity index (χ0v) is 14.2.